The van der Waals surface area contributed by atoms with Crippen molar-refractivity contribution in [1.29, 1.82) is 0 Å². The van der Waals surface area contributed by atoms with Gasteiger partial charge >= 0.3 is 0 Å². The summed E-state index contributed by atoms with van der Waals surface area (Å²) in [5.74, 6) is 0. The highest BCUT2D eigenvalue weighted by Crippen LogP contribution is 2.16. The van der Waals surface area contributed by atoms with Crippen LogP contribution < -0.4 is 0 Å². The van der Waals surface area contributed by atoms with E-state index in [0.717, 1.165) is 32.1 Å². The van der Waals surface area contributed by atoms with Crippen LogP contribution in [0.3, 0.4) is 0 Å². The molecule has 0 aliphatic heterocycles. The van der Waals surface area contributed by atoms with E-state index in [2.05, 4.69) is 23.0 Å². The standard InChI is InChI=1S/C13H20N2O2/c1-3-12(4-2)9-13(15-11-17)7-5-6-8-14-10-16/h3,13H,4-9H2,1-2H3/b12-3-. The molecular weight excluding hydrogens is 216 g/mol. The largest absolute Gasteiger partial charge is 0.235 e. The van der Waals surface area contributed by atoms with Crippen molar-refractivity contribution in [2.24, 2.45) is 9.98 Å². The molecule has 0 bridgehead atoms. The van der Waals surface area contributed by atoms with Crippen molar-refractivity contribution in [1.82, 2.24) is 0 Å². The first-order chi connectivity index (χ1) is 8.28. The molecule has 0 N–H and O–H groups in total. The fourth-order valence-electron chi connectivity index (χ4n) is 1.67. The molecule has 0 rings (SSSR count). The van der Waals surface area contributed by atoms with Crippen molar-refractivity contribution >= 4 is 12.2 Å². The minimum absolute atomic E-state index is 0.0128. The summed E-state index contributed by atoms with van der Waals surface area (Å²) in [7, 11) is 0. The Morgan fingerprint density at radius 3 is 2.59 bits per heavy atom. The Labute approximate surface area is 103 Å². The quantitative estimate of drug-likeness (QED) is 0.267. The van der Waals surface area contributed by atoms with Gasteiger partial charge in [-0.05, 0) is 39.0 Å². The summed E-state index contributed by atoms with van der Waals surface area (Å²) >= 11 is 0. The Hall–Kier alpha value is -1.50. The van der Waals surface area contributed by atoms with Crippen LogP contribution in [0.2, 0.25) is 0 Å². The molecule has 0 aromatic rings. The van der Waals surface area contributed by atoms with Gasteiger partial charge in [-0.15, -0.1) is 0 Å². The summed E-state index contributed by atoms with van der Waals surface area (Å²) < 4.78 is 0. The number of allylic oxidation sites excluding steroid dienone is 1. The van der Waals surface area contributed by atoms with Crippen LogP contribution in [0.4, 0.5) is 0 Å². The molecule has 0 aromatic carbocycles. The van der Waals surface area contributed by atoms with Gasteiger partial charge < -0.3 is 0 Å². The van der Waals surface area contributed by atoms with Gasteiger partial charge in [-0.25, -0.2) is 19.6 Å². The second kappa shape index (κ2) is 11.0. The Morgan fingerprint density at radius 2 is 2.06 bits per heavy atom. The number of nitrogens with zero attached hydrogens (tertiary/aromatic N) is 2. The maximum atomic E-state index is 10.3. The minimum Gasteiger partial charge on any atom is -0.211 e. The van der Waals surface area contributed by atoms with Gasteiger partial charge in [-0.2, -0.15) is 0 Å². The summed E-state index contributed by atoms with van der Waals surface area (Å²) in [6.45, 7) is 4.60. The smallest absolute Gasteiger partial charge is 0.211 e. The van der Waals surface area contributed by atoms with Crippen molar-refractivity contribution < 1.29 is 9.59 Å². The molecule has 4 heteroatoms. The predicted molar refractivity (Wildman–Crippen MR) is 67.4 cm³/mol. The first-order valence-electron chi connectivity index (χ1n) is 6.03. The van der Waals surface area contributed by atoms with Crippen LogP contribution in [-0.4, -0.2) is 24.7 Å². The number of carbonyl (C=O) groups excluding carboxylic acids is 2. The molecule has 0 radical (unpaired) electrons. The van der Waals surface area contributed by atoms with Crippen molar-refractivity contribution in [3.63, 3.8) is 0 Å². The van der Waals surface area contributed by atoms with Crippen LogP contribution in [0.5, 0.6) is 0 Å². The number of hydrogen-bond donors (Lipinski definition) is 0. The molecule has 0 heterocycles. The van der Waals surface area contributed by atoms with Gasteiger partial charge in [0.15, 0.2) is 0 Å². The lowest BCUT2D eigenvalue weighted by atomic mass is 10.00. The second-order valence-corrected chi connectivity index (χ2v) is 3.85. The molecular formula is C13H20N2O2. The van der Waals surface area contributed by atoms with Gasteiger partial charge in [0.2, 0.25) is 12.2 Å². The van der Waals surface area contributed by atoms with E-state index in [-0.39, 0.29) is 6.04 Å². The van der Waals surface area contributed by atoms with Gasteiger partial charge in [0.05, 0.1) is 12.6 Å². The molecule has 0 spiro atoms. The first-order valence-corrected chi connectivity index (χ1v) is 6.03. The number of isocyanates is 2. The number of rotatable bonds is 9. The topological polar surface area (TPSA) is 58.9 Å². The first kappa shape index (κ1) is 15.5. The maximum Gasteiger partial charge on any atom is 0.235 e. The predicted octanol–water partition coefficient (Wildman–Crippen LogP) is 2.94. The molecule has 0 amide bonds. The third-order valence-corrected chi connectivity index (χ3v) is 2.72. The van der Waals surface area contributed by atoms with Crippen molar-refractivity contribution in [2.75, 3.05) is 6.54 Å². The summed E-state index contributed by atoms with van der Waals surface area (Å²) in [6.07, 6.45) is 9.59. The lowest BCUT2D eigenvalue weighted by Gasteiger charge is -2.11. The van der Waals surface area contributed by atoms with E-state index in [1.807, 2.05) is 6.92 Å². The maximum absolute atomic E-state index is 10.3. The zero-order valence-electron chi connectivity index (χ0n) is 10.6. The van der Waals surface area contributed by atoms with Gasteiger partial charge in [-0.3, -0.25) is 0 Å². The van der Waals surface area contributed by atoms with E-state index in [4.69, 9.17) is 0 Å². The number of unbranched alkanes of at least 4 members (excludes halogenated alkanes) is 1. The van der Waals surface area contributed by atoms with E-state index in [1.165, 1.54) is 11.7 Å². The van der Waals surface area contributed by atoms with Crippen LogP contribution in [0.1, 0.15) is 46.0 Å². The highest BCUT2D eigenvalue weighted by Gasteiger charge is 2.08. The SMILES string of the molecule is C/C=C(/CC)CC(CCCCN=C=O)N=C=O. The molecule has 0 saturated carbocycles. The van der Waals surface area contributed by atoms with Gasteiger partial charge in [0.1, 0.15) is 0 Å². The van der Waals surface area contributed by atoms with E-state index in [1.54, 1.807) is 6.08 Å². The Kier molecular flexibility index (Phi) is 10.0. The van der Waals surface area contributed by atoms with Gasteiger partial charge in [0.25, 0.3) is 0 Å². The highest BCUT2D eigenvalue weighted by molar-refractivity contribution is 5.34. The molecule has 0 aliphatic rings. The molecule has 1 unspecified atom stereocenters. The Balaban J connectivity index is 4.06. The van der Waals surface area contributed by atoms with E-state index in [9.17, 15) is 9.59 Å². The van der Waals surface area contributed by atoms with Crippen LogP contribution in [0, 0.1) is 0 Å². The molecule has 0 saturated heterocycles. The highest BCUT2D eigenvalue weighted by atomic mass is 16.1. The zero-order chi connectivity index (χ0) is 12.9. The minimum atomic E-state index is 0.0128. The fourth-order valence-corrected chi connectivity index (χ4v) is 1.67. The summed E-state index contributed by atoms with van der Waals surface area (Å²) in [6, 6.07) is 0.0128. The zero-order valence-corrected chi connectivity index (χ0v) is 10.6. The fraction of sp³-hybridized carbons (Fsp3) is 0.692. The lowest BCUT2D eigenvalue weighted by Crippen LogP contribution is -2.06. The Bertz CT molecular complexity index is 324. The molecule has 1 atom stereocenters. The molecule has 94 valence electrons. The van der Waals surface area contributed by atoms with Crippen LogP contribution in [0.15, 0.2) is 21.6 Å². The van der Waals surface area contributed by atoms with Gasteiger partial charge in [0, 0.05) is 0 Å². The molecule has 0 fully saturated rings. The van der Waals surface area contributed by atoms with Crippen LogP contribution in [-0.2, 0) is 9.59 Å². The summed E-state index contributed by atoms with van der Waals surface area (Å²) in [5.41, 5.74) is 1.31. The molecule has 4 nitrogen and oxygen atoms in total. The number of hydrogen-bond acceptors (Lipinski definition) is 4. The average Bonchev–Trinajstić information content (AvgIpc) is 2.35. The molecule has 0 aliphatic carbocycles. The van der Waals surface area contributed by atoms with Crippen molar-refractivity contribution in [3.8, 4) is 0 Å². The third kappa shape index (κ3) is 8.32. The third-order valence-electron chi connectivity index (χ3n) is 2.72. The van der Waals surface area contributed by atoms with Crippen molar-refractivity contribution in [2.45, 2.75) is 52.0 Å². The van der Waals surface area contributed by atoms with E-state index < -0.39 is 0 Å². The van der Waals surface area contributed by atoms with Crippen LogP contribution in [0.25, 0.3) is 0 Å². The number of aliphatic imine (C=N–C) groups is 2. The summed E-state index contributed by atoms with van der Waals surface area (Å²) in [5, 5.41) is 0. The second-order valence-electron chi connectivity index (χ2n) is 3.85. The van der Waals surface area contributed by atoms with E-state index in [0.29, 0.717) is 6.54 Å². The Morgan fingerprint density at radius 1 is 1.29 bits per heavy atom. The van der Waals surface area contributed by atoms with Crippen LogP contribution >= 0.6 is 0 Å². The van der Waals surface area contributed by atoms with Crippen molar-refractivity contribution in [3.05, 3.63) is 11.6 Å². The molecule has 17 heavy (non-hydrogen) atoms. The lowest BCUT2D eigenvalue weighted by molar-refractivity contribution is 0.532. The van der Waals surface area contributed by atoms with E-state index >= 15 is 0 Å². The normalized spacial score (nSPS) is 12.5. The van der Waals surface area contributed by atoms with Gasteiger partial charge in [-0.1, -0.05) is 18.6 Å². The molecule has 0 aromatic heterocycles. The summed E-state index contributed by atoms with van der Waals surface area (Å²) in [4.78, 5) is 27.5. The monoisotopic (exact) mass is 236 g/mol. The average molecular weight is 236 g/mol.